The van der Waals surface area contributed by atoms with Crippen molar-refractivity contribution in [1.29, 1.82) is 0 Å². The van der Waals surface area contributed by atoms with Crippen LogP contribution < -0.4 is 5.32 Å². The molecule has 1 aliphatic rings. The lowest BCUT2D eigenvalue weighted by atomic mass is 9.86. The second-order valence-corrected chi connectivity index (χ2v) is 8.05. The average Bonchev–Trinajstić information content (AvgIpc) is 3.34. The van der Waals surface area contributed by atoms with E-state index < -0.39 is 17.6 Å². The molecule has 30 heavy (non-hydrogen) atoms. The average molecular weight is 407 g/mol. The molecular formula is C20H21N7O3. The molecule has 1 atom stereocenters. The highest BCUT2D eigenvalue weighted by molar-refractivity contribution is 5.80. The molecule has 2 aromatic heterocycles. The van der Waals surface area contributed by atoms with Crippen molar-refractivity contribution in [2.24, 2.45) is 0 Å². The van der Waals surface area contributed by atoms with Gasteiger partial charge in [-0.15, -0.1) is 0 Å². The van der Waals surface area contributed by atoms with Gasteiger partial charge in [0.25, 0.3) is 0 Å². The van der Waals surface area contributed by atoms with Crippen LogP contribution in [0.4, 0.5) is 10.6 Å². The van der Waals surface area contributed by atoms with E-state index in [0.717, 1.165) is 11.1 Å². The van der Waals surface area contributed by atoms with Crippen LogP contribution in [0.2, 0.25) is 0 Å². The van der Waals surface area contributed by atoms with E-state index in [0.29, 0.717) is 28.2 Å². The zero-order chi connectivity index (χ0) is 21.5. The summed E-state index contributed by atoms with van der Waals surface area (Å²) in [6, 6.07) is 5.53. The van der Waals surface area contributed by atoms with Crippen LogP contribution in [-0.4, -0.2) is 50.7 Å². The quantitative estimate of drug-likeness (QED) is 0.639. The number of hydrogen-bond donors (Lipinski definition) is 2. The zero-order valence-corrected chi connectivity index (χ0v) is 17.1. The number of H-pyrrole nitrogens is 1. The van der Waals surface area contributed by atoms with E-state index in [4.69, 9.17) is 15.9 Å². The normalized spacial score (nSPS) is 16.0. The van der Waals surface area contributed by atoms with Gasteiger partial charge in [-0.05, 0) is 42.7 Å². The largest absolute Gasteiger partial charge is 0.444 e. The molecule has 10 heteroatoms. The van der Waals surface area contributed by atoms with Gasteiger partial charge in [0.2, 0.25) is 0 Å². The highest BCUT2D eigenvalue weighted by atomic mass is 16.6. The summed E-state index contributed by atoms with van der Waals surface area (Å²) in [5, 5.41) is 18.2. The molecule has 2 N–H and O–H groups in total. The molecule has 1 aromatic carbocycles. The number of hydrogen-bond acceptors (Lipinski definition) is 7. The summed E-state index contributed by atoms with van der Waals surface area (Å²) >= 11 is 0. The highest BCUT2D eigenvalue weighted by Crippen LogP contribution is 2.43. The van der Waals surface area contributed by atoms with Gasteiger partial charge in [-0.1, -0.05) is 12.1 Å². The molecular weight excluding hydrogens is 386 g/mol. The van der Waals surface area contributed by atoms with Crippen molar-refractivity contribution >= 4 is 22.9 Å². The molecule has 10 nitrogen and oxygen atoms in total. The molecule has 0 radical (unpaired) electrons. The van der Waals surface area contributed by atoms with Gasteiger partial charge in [-0.2, -0.15) is 5.10 Å². The fraction of sp³-hybridized carbons (Fsp3) is 0.350. The number of carbonyl (C=O) groups excluding carboxylic acids is 1. The molecule has 0 bridgehead atoms. The lowest BCUT2D eigenvalue weighted by Crippen LogP contribution is -2.37. The molecule has 1 aliphatic heterocycles. The van der Waals surface area contributed by atoms with Gasteiger partial charge in [0.1, 0.15) is 22.5 Å². The van der Waals surface area contributed by atoms with Crippen molar-refractivity contribution in [1.82, 2.24) is 25.4 Å². The van der Waals surface area contributed by atoms with Crippen molar-refractivity contribution in [3.63, 3.8) is 0 Å². The third kappa shape index (κ3) is 3.45. The Morgan fingerprint density at radius 3 is 2.87 bits per heavy atom. The van der Waals surface area contributed by atoms with Crippen LogP contribution in [0.25, 0.3) is 15.9 Å². The molecule has 0 aliphatic carbocycles. The van der Waals surface area contributed by atoms with Crippen molar-refractivity contribution in [3.05, 3.63) is 58.3 Å². The predicted molar refractivity (Wildman–Crippen MR) is 108 cm³/mol. The minimum Gasteiger partial charge on any atom is -0.444 e. The monoisotopic (exact) mass is 407 g/mol. The predicted octanol–water partition coefficient (Wildman–Crippen LogP) is 3.50. The van der Waals surface area contributed by atoms with Crippen molar-refractivity contribution < 1.29 is 14.2 Å². The van der Waals surface area contributed by atoms with E-state index in [9.17, 15) is 4.79 Å². The summed E-state index contributed by atoms with van der Waals surface area (Å²) < 4.78 is 10.3. The van der Waals surface area contributed by atoms with E-state index in [1.807, 2.05) is 12.1 Å². The van der Waals surface area contributed by atoms with E-state index in [2.05, 4.69) is 30.7 Å². The van der Waals surface area contributed by atoms with Gasteiger partial charge in [0.15, 0.2) is 5.70 Å². The Kier molecular flexibility index (Phi) is 4.66. The Balaban J connectivity index is 1.76. The van der Waals surface area contributed by atoms with E-state index >= 15 is 0 Å². The summed E-state index contributed by atoms with van der Waals surface area (Å²) in [5.41, 5.74) is 3.17. The standard InChI is InChI=1S/C20H21N7O3/c1-20(2,3)29-19(28)27(5)10-14-17(21-4)15(12-9-22-24-18(12)23-14)11-7-6-8-13-16(11)26-30-25-13/h6-9,15H,10H2,1-3,5H3,(H2,22,23,24). The number of aromatic nitrogens is 4. The molecule has 0 saturated carbocycles. The number of likely N-dealkylation sites (N-methyl/N-ethyl adjacent to an activating group) is 1. The molecule has 3 aromatic rings. The third-order valence-electron chi connectivity index (χ3n) is 4.69. The van der Waals surface area contributed by atoms with Crippen LogP contribution in [0.3, 0.4) is 0 Å². The van der Waals surface area contributed by atoms with Crippen LogP contribution in [0.15, 0.2) is 40.4 Å². The lowest BCUT2D eigenvalue weighted by molar-refractivity contribution is 0.0313. The smallest absolute Gasteiger partial charge is 0.410 e. The molecule has 4 rings (SSSR count). The van der Waals surface area contributed by atoms with Crippen LogP contribution in [0, 0.1) is 6.57 Å². The fourth-order valence-electron chi connectivity index (χ4n) is 3.42. The number of nitrogens with zero attached hydrogens (tertiary/aromatic N) is 5. The molecule has 0 spiro atoms. The second-order valence-electron chi connectivity index (χ2n) is 8.05. The summed E-state index contributed by atoms with van der Waals surface area (Å²) in [6.45, 7) is 13.5. The summed E-state index contributed by atoms with van der Waals surface area (Å²) in [6.07, 6.45) is 1.20. The molecule has 1 amide bonds. The number of amides is 1. The Morgan fingerprint density at radius 1 is 1.33 bits per heavy atom. The third-order valence-corrected chi connectivity index (χ3v) is 4.69. The Hall–Kier alpha value is -3.87. The maximum absolute atomic E-state index is 12.4. The summed E-state index contributed by atoms with van der Waals surface area (Å²) in [5.74, 6) is 0.226. The maximum Gasteiger partial charge on any atom is 0.410 e. The first-order valence-corrected chi connectivity index (χ1v) is 9.34. The molecule has 0 saturated heterocycles. The number of nitrogens with one attached hydrogen (secondary N) is 2. The number of ether oxygens (including phenoxy) is 1. The highest BCUT2D eigenvalue weighted by Gasteiger charge is 2.34. The maximum atomic E-state index is 12.4. The van der Waals surface area contributed by atoms with Gasteiger partial charge in [0, 0.05) is 18.3 Å². The number of aromatic amines is 1. The summed E-state index contributed by atoms with van der Waals surface area (Å²) in [4.78, 5) is 17.7. The Morgan fingerprint density at radius 2 is 2.13 bits per heavy atom. The van der Waals surface area contributed by atoms with E-state index in [1.165, 1.54) is 4.90 Å². The van der Waals surface area contributed by atoms with Crippen molar-refractivity contribution in [2.75, 3.05) is 18.9 Å². The Bertz CT molecular complexity index is 1180. The zero-order valence-electron chi connectivity index (χ0n) is 17.1. The first kappa shape index (κ1) is 19.4. The van der Waals surface area contributed by atoms with E-state index in [-0.39, 0.29) is 6.54 Å². The second kappa shape index (κ2) is 7.18. The van der Waals surface area contributed by atoms with Crippen LogP contribution >= 0.6 is 0 Å². The van der Waals surface area contributed by atoms with Gasteiger partial charge in [0.05, 0.1) is 25.2 Å². The minimum absolute atomic E-state index is 0.161. The van der Waals surface area contributed by atoms with Crippen molar-refractivity contribution in [2.45, 2.75) is 32.3 Å². The van der Waals surface area contributed by atoms with Crippen LogP contribution in [-0.2, 0) is 4.74 Å². The van der Waals surface area contributed by atoms with Crippen molar-refractivity contribution in [3.8, 4) is 0 Å². The number of benzene rings is 1. The number of anilines is 1. The topological polar surface area (TPSA) is 114 Å². The van der Waals surface area contributed by atoms with Gasteiger partial charge in [-0.25, -0.2) is 14.3 Å². The Labute approximate surface area is 172 Å². The number of allylic oxidation sites excluding steroid dienone is 1. The minimum atomic E-state index is -0.614. The fourth-order valence-corrected chi connectivity index (χ4v) is 3.42. The summed E-state index contributed by atoms with van der Waals surface area (Å²) in [7, 11) is 1.63. The number of rotatable bonds is 3. The van der Waals surface area contributed by atoms with Gasteiger partial charge >= 0.3 is 6.09 Å². The first-order chi connectivity index (χ1) is 14.3. The van der Waals surface area contributed by atoms with E-state index in [1.54, 1.807) is 40.1 Å². The SMILES string of the molecule is [C-]#[N+]C1=C(CN(C)C(=O)OC(C)(C)C)Nc2[nH]ncc2C1c1cccc2nonc12. The number of fused-ring (bicyclic) bond motifs is 2. The van der Waals surface area contributed by atoms with Crippen LogP contribution in [0.5, 0.6) is 0 Å². The molecule has 3 heterocycles. The number of carbonyl (C=O) groups is 1. The van der Waals surface area contributed by atoms with Gasteiger partial charge < -0.3 is 15.0 Å². The lowest BCUT2D eigenvalue weighted by Gasteiger charge is -2.29. The van der Waals surface area contributed by atoms with Gasteiger partial charge in [-0.3, -0.25) is 5.10 Å². The molecule has 0 fully saturated rings. The first-order valence-electron chi connectivity index (χ1n) is 9.34. The van der Waals surface area contributed by atoms with Crippen LogP contribution in [0.1, 0.15) is 37.8 Å². The molecule has 1 unspecified atom stereocenters. The molecule has 154 valence electrons.